The van der Waals surface area contributed by atoms with Crippen LogP contribution < -0.4 is 0 Å². The van der Waals surface area contributed by atoms with E-state index in [1.807, 2.05) is 19.9 Å². The van der Waals surface area contributed by atoms with Gasteiger partial charge in [0.2, 0.25) is 5.78 Å². The number of rotatable bonds is 14. The van der Waals surface area contributed by atoms with E-state index < -0.39 is 78.2 Å². The van der Waals surface area contributed by atoms with Crippen molar-refractivity contribution < 1.29 is 58.8 Å². The highest BCUT2D eigenvalue weighted by molar-refractivity contribution is 6.13. The van der Waals surface area contributed by atoms with Gasteiger partial charge < -0.3 is 49.2 Å². The van der Waals surface area contributed by atoms with Crippen molar-refractivity contribution in [3.8, 4) is 0 Å². The summed E-state index contributed by atoms with van der Waals surface area (Å²) in [7, 11) is 1.36. The molecule has 0 aromatic rings. The highest BCUT2D eigenvalue weighted by atomic mass is 16.6. The summed E-state index contributed by atoms with van der Waals surface area (Å²) in [5.41, 5.74) is 1.36. The van der Waals surface area contributed by atoms with Crippen molar-refractivity contribution in [1.29, 1.82) is 0 Å². The van der Waals surface area contributed by atoms with E-state index >= 15 is 0 Å². The topological polar surface area (TPSA) is 181 Å². The van der Waals surface area contributed by atoms with E-state index in [9.17, 15) is 35.1 Å². The van der Waals surface area contributed by atoms with Crippen LogP contribution in [0.3, 0.4) is 0 Å². The lowest BCUT2D eigenvalue weighted by Crippen LogP contribution is -2.54. The van der Waals surface area contributed by atoms with Gasteiger partial charge in [-0.2, -0.15) is 0 Å². The molecule has 306 valence electrons. The molecule has 1 saturated carbocycles. The molecule has 12 heteroatoms. The average Bonchev–Trinajstić information content (AvgIpc) is 3.83. The van der Waals surface area contributed by atoms with E-state index in [4.69, 9.17) is 23.7 Å². The molecule has 54 heavy (non-hydrogen) atoms. The number of hydrogen-bond acceptors (Lipinski definition) is 12. The molecule has 0 radical (unpaired) electrons. The Morgan fingerprint density at radius 1 is 1.06 bits per heavy atom. The van der Waals surface area contributed by atoms with Crippen LogP contribution in [0.4, 0.5) is 0 Å². The monoisotopic (exact) mass is 762 g/mol. The van der Waals surface area contributed by atoms with E-state index in [2.05, 4.69) is 40.3 Å². The minimum absolute atomic E-state index is 0.0230. The molecule has 4 unspecified atom stereocenters. The molecular weight excluding hydrogens is 696 g/mol. The third-order valence-corrected chi connectivity index (χ3v) is 13.5. The molecule has 0 aromatic carbocycles. The van der Waals surface area contributed by atoms with Gasteiger partial charge in [0.15, 0.2) is 11.7 Å². The van der Waals surface area contributed by atoms with Crippen molar-refractivity contribution in [2.24, 2.45) is 41.4 Å². The van der Waals surface area contributed by atoms with Crippen molar-refractivity contribution >= 4 is 11.8 Å². The van der Waals surface area contributed by atoms with Gasteiger partial charge >= 0.3 is 5.97 Å². The molecule has 4 saturated heterocycles. The number of Topliss-reactive ketones (excluding diaryl/α,β-unsaturated/α-hetero) is 1. The van der Waals surface area contributed by atoms with Gasteiger partial charge in [-0.05, 0) is 100 Å². The fraction of sp³-hybridized carbons (Fsp3) is 0.810. The third-order valence-electron chi connectivity index (χ3n) is 13.5. The smallest absolute Gasteiger partial charge is 0.325 e. The molecule has 0 spiro atoms. The number of hydrogen-bond donors (Lipinski definition) is 5. The Kier molecular flexibility index (Phi) is 14.4. The number of ether oxygens (including phenoxy) is 5. The first-order chi connectivity index (χ1) is 25.6. The summed E-state index contributed by atoms with van der Waals surface area (Å²) >= 11 is 0. The summed E-state index contributed by atoms with van der Waals surface area (Å²) in [5.74, 6) is -5.06. The zero-order valence-electron chi connectivity index (χ0n) is 33.3. The Labute approximate surface area is 320 Å². The first-order valence-corrected chi connectivity index (χ1v) is 20.2. The van der Waals surface area contributed by atoms with Crippen LogP contribution >= 0.6 is 0 Å². The predicted molar refractivity (Wildman–Crippen MR) is 200 cm³/mol. The first kappa shape index (κ1) is 43.1. The highest BCUT2D eigenvalue weighted by Crippen LogP contribution is 2.46. The van der Waals surface area contributed by atoms with Crippen LogP contribution in [-0.4, -0.2) is 118 Å². The van der Waals surface area contributed by atoms with Gasteiger partial charge in [-0.3, -0.25) is 9.59 Å². The Bertz CT molecular complexity index is 1390. The molecule has 12 nitrogen and oxygen atoms in total. The van der Waals surface area contributed by atoms with Crippen molar-refractivity contribution in [3.05, 3.63) is 35.6 Å². The van der Waals surface area contributed by atoms with Crippen LogP contribution in [0.1, 0.15) is 92.9 Å². The number of ketones is 1. The van der Waals surface area contributed by atoms with Gasteiger partial charge in [-0.25, -0.2) is 0 Å². The Balaban J connectivity index is 1.31. The number of carbonyl (C=O) groups is 2. The van der Waals surface area contributed by atoms with Crippen molar-refractivity contribution in [1.82, 2.24) is 0 Å². The number of esters is 1. The summed E-state index contributed by atoms with van der Waals surface area (Å²) < 4.78 is 30.5. The SMILES string of the molecule is C=C1OC(=O)C(C(O)[C@@H](OC)[C@H]2[C@H](CO)[C@H](O)[C@H](C)C[C@@H]2/C=C(\CO)[C@H]2CC[C@H](C)[C@@H](/C(C)=C/C[C@@H]3O[C@](C)(C4CCC([C@H](O)CC)O4)C[C@H]3C)O2)C1=O. The largest absolute Gasteiger partial charge is 0.423 e. The van der Waals surface area contributed by atoms with Crippen molar-refractivity contribution in [3.63, 3.8) is 0 Å². The molecule has 5 fully saturated rings. The van der Waals surface area contributed by atoms with E-state index in [0.29, 0.717) is 30.8 Å². The first-order valence-electron chi connectivity index (χ1n) is 20.2. The van der Waals surface area contributed by atoms with Crippen molar-refractivity contribution in [2.75, 3.05) is 20.3 Å². The number of cyclic esters (lactones) is 1. The predicted octanol–water partition coefficient (Wildman–Crippen LogP) is 3.80. The number of methoxy groups -OCH3 is 1. The fourth-order valence-corrected chi connectivity index (χ4v) is 10.3. The Hall–Kier alpha value is -2.00. The van der Waals surface area contributed by atoms with Crippen LogP contribution in [0.2, 0.25) is 0 Å². The lowest BCUT2D eigenvalue weighted by molar-refractivity contribution is -0.159. The van der Waals surface area contributed by atoms with E-state index in [-0.39, 0.29) is 48.6 Å². The standard InChI is InChI=1S/C42H66O12/c1-9-29(45)32-14-15-33(52-32)42(7)18-24(5)30(54-42)12-10-21(2)39-22(3)11-13-31(53-39)27(19-43)17-26-16-23(4)36(46)28(20-44)34(26)40(50-8)38(48)35-37(47)25(6)51-41(35)49/h10,17,22-24,26,28-36,38-40,43-46,48H,6,9,11-16,18-20H2,1-5,7-8H3/b21-10+,27-17+/t22-,23+,24+,26+,28-,29+,30-,31+,32?,33?,34+,35?,36+,38?,39+,40-,42-/m0/s1. The minimum Gasteiger partial charge on any atom is -0.423 e. The highest BCUT2D eigenvalue weighted by Gasteiger charge is 2.54. The molecular formula is C42H66O12. The summed E-state index contributed by atoms with van der Waals surface area (Å²) in [4.78, 5) is 25.4. The van der Waals surface area contributed by atoms with E-state index in [0.717, 1.165) is 37.7 Å². The maximum absolute atomic E-state index is 12.8. The average molecular weight is 763 g/mol. The maximum atomic E-state index is 12.8. The summed E-state index contributed by atoms with van der Waals surface area (Å²) in [6, 6.07) is 0. The van der Waals surface area contributed by atoms with Crippen LogP contribution in [-0.2, 0) is 33.3 Å². The lowest BCUT2D eigenvalue weighted by Gasteiger charge is -2.47. The zero-order valence-corrected chi connectivity index (χ0v) is 33.3. The normalized spacial score (nSPS) is 42.7. The maximum Gasteiger partial charge on any atom is 0.325 e. The Morgan fingerprint density at radius 2 is 1.78 bits per heavy atom. The fourth-order valence-electron chi connectivity index (χ4n) is 10.3. The van der Waals surface area contributed by atoms with Crippen LogP contribution in [0.25, 0.3) is 0 Å². The van der Waals surface area contributed by atoms with Gasteiger partial charge in [-0.1, -0.05) is 46.4 Å². The molecule has 4 heterocycles. The quantitative estimate of drug-likeness (QED) is 0.0749. The summed E-state index contributed by atoms with van der Waals surface area (Å²) in [5, 5.41) is 54.3. The molecule has 0 amide bonds. The molecule has 17 atom stereocenters. The van der Waals surface area contributed by atoms with E-state index in [1.165, 1.54) is 7.11 Å². The number of carbonyl (C=O) groups excluding carboxylic acids is 2. The number of aliphatic hydroxyl groups is 5. The summed E-state index contributed by atoms with van der Waals surface area (Å²) in [6.07, 6.45) is 5.29. The molecule has 4 aliphatic heterocycles. The molecule has 0 aromatic heterocycles. The molecule has 1 aliphatic carbocycles. The van der Waals surface area contributed by atoms with Crippen LogP contribution in [0.15, 0.2) is 35.6 Å². The minimum atomic E-state index is -1.62. The Morgan fingerprint density at radius 3 is 2.39 bits per heavy atom. The third kappa shape index (κ3) is 8.77. The second-order valence-electron chi connectivity index (χ2n) is 17.2. The van der Waals surface area contributed by atoms with Crippen LogP contribution in [0.5, 0.6) is 0 Å². The molecule has 5 rings (SSSR count). The second kappa shape index (κ2) is 18.1. The summed E-state index contributed by atoms with van der Waals surface area (Å²) in [6.45, 7) is 15.3. The number of allylic oxidation sites excluding steroid dienone is 2. The van der Waals surface area contributed by atoms with Crippen molar-refractivity contribution in [2.45, 2.75) is 153 Å². The van der Waals surface area contributed by atoms with Gasteiger partial charge in [-0.15, -0.1) is 0 Å². The number of aliphatic hydroxyl groups excluding tert-OH is 5. The lowest BCUT2D eigenvalue weighted by atomic mass is 9.62. The van der Waals surface area contributed by atoms with Gasteiger partial charge in [0.25, 0.3) is 0 Å². The van der Waals surface area contributed by atoms with Crippen LogP contribution in [0, 0.1) is 41.4 Å². The van der Waals surface area contributed by atoms with Gasteiger partial charge in [0, 0.05) is 25.6 Å². The molecule has 0 bridgehead atoms. The van der Waals surface area contributed by atoms with E-state index in [1.54, 1.807) is 0 Å². The second-order valence-corrected chi connectivity index (χ2v) is 17.2. The zero-order chi connectivity index (χ0) is 39.6. The van der Waals surface area contributed by atoms with Gasteiger partial charge in [0.1, 0.15) is 6.10 Å². The molecule has 5 aliphatic rings. The molecule has 5 N–H and O–H groups in total. The van der Waals surface area contributed by atoms with Gasteiger partial charge in [0.05, 0.1) is 61.0 Å².